The van der Waals surface area contributed by atoms with Gasteiger partial charge in [-0.3, -0.25) is 9.59 Å². The second kappa shape index (κ2) is 9.71. The number of carbonyl (C=O) groups is 2. The molecule has 86 valence electrons. The average Bonchev–Trinajstić information content (AvgIpc) is 2.17. The van der Waals surface area contributed by atoms with Crippen molar-refractivity contribution in [2.75, 3.05) is 6.61 Å². The van der Waals surface area contributed by atoms with Gasteiger partial charge in [0.2, 0.25) is 5.24 Å². The van der Waals surface area contributed by atoms with Crippen molar-refractivity contribution in [3.63, 3.8) is 0 Å². The molecule has 0 aliphatic carbocycles. The summed E-state index contributed by atoms with van der Waals surface area (Å²) in [5, 5.41) is -0.409. The average molecular weight is 233 g/mol. The first-order chi connectivity index (χ1) is 7.16. The number of esters is 1. The molecule has 0 aliphatic rings. The Balaban J connectivity index is 3.33. The number of carbonyl (C=O) groups excluding carboxylic acids is 2. The van der Waals surface area contributed by atoms with Crippen LogP contribution in [0.3, 0.4) is 0 Å². The van der Waals surface area contributed by atoms with Gasteiger partial charge in [-0.05, 0) is 30.9 Å². The second-order valence-electron chi connectivity index (χ2n) is 3.10. The lowest BCUT2D eigenvalue weighted by Crippen LogP contribution is -2.05. The fourth-order valence-corrected chi connectivity index (χ4v) is 1.10. The third kappa shape index (κ3) is 11.1. The number of allylic oxidation sites excluding steroid dienone is 1. The van der Waals surface area contributed by atoms with Crippen molar-refractivity contribution in [1.29, 1.82) is 0 Å². The fraction of sp³-hybridized carbons (Fsp3) is 0.636. The van der Waals surface area contributed by atoms with E-state index in [0.717, 1.165) is 12.8 Å². The fourth-order valence-electron chi connectivity index (χ4n) is 0.969. The number of ether oxygens (including phenoxy) is 1. The summed E-state index contributed by atoms with van der Waals surface area (Å²) in [5.74, 6) is -0.266. The lowest BCUT2D eigenvalue weighted by Gasteiger charge is -2.01. The van der Waals surface area contributed by atoms with Crippen LogP contribution in [-0.2, 0) is 14.3 Å². The van der Waals surface area contributed by atoms with E-state index in [9.17, 15) is 9.59 Å². The maximum atomic E-state index is 11.1. The lowest BCUT2D eigenvalue weighted by molar-refractivity contribution is -0.143. The van der Waals surface area contributed by atoms with Crippen LogP contribution < -0.4 is 0 Å². The molecule has 0 bridgehead atoms. The van der Waals surface area contributed by atoms with Crippen LogP contribution in [0, 0.1) is 0 Å². The smallest absolute Gasteiger partial charge is 0.305 e. The maximum absolute atomic E-state index is 11.1. The van der Waals surface area contributed by atoms with Crippen molar-refractivity contribution in [2.45, 2.75) is 39.0 Å². The Kier molecular flexibility index (Phi) is 9.18. The zero-order valence-corrected chi connectivity index (χ0v) is 9.76. The molecule has 3 nitrogen and oxygen atoms in total. The highest BCUT2D eigenvalue weighted by Gasteiger charge is 2.03. The van der Waals surface area contributed by atoms with Crippen molar-refractivity contribution < 1.29 is 14.3 Å². The first kappa shape index (κ1) is 14.2. The number of hydrogen-bond acceptors (Lipinski definition) is 3. The predicted octanol–water partition coefficient (Wildman–Crippen LogP) is 2.82. The van der Waals surface area contributed by atoms with Crippen LogP contribution in [0.15, 0.2) is 12.2 Å². The molecule has 15 heavy (non-hydrogen) atoms. The lowest BCUT2D eigenvalue weighted by atomic mass is 10.2. The highest BCUT2D eigenvalue weighted by molar-refractivity contribution is 6.63. The summed E-state index contributed by atoms with van der Waals surface area (Å²) in [6, 6.07) is 0. The van der Waals surface area contributed by atoms with Gasteiger partial charge in [-0.2, -0.15) is 0 Å². The molecule has 0 fully saturated rings. The van der Waals surface area contributed by atoms with Gasteiger partial charge in [-0.15, -0.1) is 0 Å². The topological polar surface area (TPSA) is 43.4 Å². The molecule has 0 aromatic rings. The largest absolute Gasteiger partial charge is 0.465 e. The van der Waals surface area contributed by atoms with Crippen molar-refractivity contribution >= 4 is 22.8 Å². The SMILES string of the molecule is CC/C=C/CCOC(=O)CCCC(=O)Cl. The quantitative estimate of drug-likeness (QED) is 0.280. The van der Waals surface area contributed by atoms with E-state index in [4.69, 9.17) is 16.3 Å². The van der Waals surface area contributed by atoms with E-state index in [-0.39, 0.29) is 18.8 Å². The third-order valence-electron chi connectivity index (χ3n) is 1.70. The molecule has 0 aromatic heterocycles. The van der Waals surface area contributed by atoms with Gasteiger partial charge in [0.15, 0.2) is 0 Å². The van der Waals surface area contributed by atoms with Gasteiger partial charge in [0.1, 0.15) is 0 Å². The molecular formula is C11H17ClO3. The van der Waals surface area contributed by atoms with Crippen molar-refractivity contribution in [3.05, 3.63) is 12.2 Å². The molecule has 0 aromatic carbocycles. The van der Waals surface area contributed by atoms with Crippen molar-refractivity contribution in [3.8, 4) is 0 Å². The molecule has 0 radical (unpaired) electrons. The number of hydrogen-bond donors (Lipinski definition) is 0. The Labute approximate surface area is 95.4 Å². The maximum Gasteiger partial charge on any atom is 0.305 e. The first-order valence-electron chi connectivity index (χ1n) is 5.15. The highest BCUT2D eigenvalue weighted by atomic mass is 35.5. The Morgan fingerprint density at radius 3 is 2.60 bits per heavy atom. The molecule has 0 N–H and O–H groups in total. The van der Waals surface area contributed by atoms with Gasteiger partial charge in [0.05, 0.1) is 6.61 Å². The Hall–Kier alpha value is -0.830. The van der Waals surface area contributed by atoms with Crippen LogP contribution in [0.4, 0.5) is 0 Å². The molecule has 4 heteroatoms. The molecule has 0 saturated carbocycles. The highest BCUT2D eigenvalue weighted by Crippen LogP contribution is 2.01. The van der Waals surface area contributed by atoms with E-state index in [2.05, 4.69) is 0 Å². The van der Waals surface area contributed by atoms with E-state index in [1.807, 2.05) is 19.1 Å². The normalized spacial score (nSPS) is 10.5. The molecule has 0 heterocycles. The van der Waals surface area contributed by atoms with Gasteiger partial charge in [0.25, 0.3) is 0 Å². The van der Waals surface area contributed by atoms with Gasteiger partial charge >= 0.3 is 5.97 Å². The van der Waals surface area contributed by atoms with Gasteiger partial charge in [-0.1, -0.05) is 19.1 Å². The third-order valence-corrected chi connectivity index (χ3v) is 1.89. The summed E-state index contributed by atoms with van der Waals surface area (Å²) < 4.78 is 4.93. The van der Waals surface area contributed by atoms with E-state index in [1.54, 1.807) is 0 Å². The molecule has 0 amide bonds. The molecule has 0 rings (SSSR count). The van der Waals surface area contributed by atoms with Crippen LogP contribution in [0.5, 0.6) is 0 Å². The van der Waals surface area contributed by atoms with Crippen LogP contribution in [0.1, 0.15) is 39.0 Å². The second-order valence-corrected chi connectivity index (χ2v) is 3.52. The number of halogens is 1. The van der Waals surface area contributed by atoms with Crippen LogP contribution in [-0.4, -0.2) is 17.8 Å². The zero-order valence-electron chi connectivity index (χ0n) is 9.00. The molecule has 0 spiro atoms. The predicted molar refractivity (Wildman–Crippen MR) is 59.7 cm³/mol. The monoisotopic (exact) mass is 232 g/mol. The minimum Gasteiger partial charge on any atom is -0.465 e. The number of rotatable bonds is 8. The Bertz CT molecular complexity index is 224. The molecule has 0 saturated heterocycles. The van der Waals surface area contributed by atoms with Gasteiger partial charge < -0.3 is 4.74 Å². The van der Waals surface area contributed by atoms with E-state index in [1.165, 1.54) is 0 Å². The van der Waals surface area contributed by atoms with E-state index < -0.39 is 5.24 Å². The summed E-state index contributed by atoms with van der Waals surface area (Å²) in [6.07, 6.45) is 6.70. The van der Waals surface area contributed by atoms with Crippen LogP contribution >= 0.6 is 11.6 Å². The first-order valence-corrected chi connectivity index (χ1v) is 5.53. The summed E-state index contributed by atoms with van der Waals surface area (Å²) in [7, 11) is 0. The van der Waals surface area contributed by atoms with E-state index >= 15 is 0 Å². The molecular weight excluding hydrogens is 216 g/mol. The zero-order chi connectivity index (χ0) is 11.5. The van der Waals surface area contributed by atoms with Crippen molar-refractivity contribution in [2.24, 2.45) is 0 Å². The van der Waals surface area contributed by atoms with Crippen LogP contribution in [0.25, 0.3) is 0 Å². The van der Waals surface area contributed by atoms with Crippen molar-refractivity contribution in [1.82, 2.24) is 0 Å². The summed E-state index contributed by atoms with van der Waals surface area (Å²) in [5.41, 5.74) is 0. The molecule has 0 atom stereocenters. The summed E-state index contributed by atoms with van der Waals surface area (Å²) in [6.45, 7) is 2.45. The Morgan fingerprint density at radius 2 is 2.00 bits per heavy atom. The van der Waals surface area contributed by atoms with Crippen LogP contribution in [0.2, 0.25) is 0 Å². The Morgan fingerprint density at radius 1 is 1.27 bits per heavy atom. The summed E-state index contributed by atoms with van der Waals surface area (Å²) in [4.78, 5) is 21.4. The molecule has 0 aliphatic heterocycles. The minimum atomic E-state index is -0.409. The minimum absolute atomic E-state index is 0.229. The summed E-state index contributed by atoms with van der Waals surface area (Å²) >= 11 is 5.12. The van der Waals surface area contributed by atoms with E-state index in [0.29, 0.717) is 13.0 Å². The van der Waals surface area contributed by atoms with Gasteiger partial charge in [-0.25, -0.2) is 0 Å². The molecule has 0 unspecified atom stereocenters. The van der Waals surface area contributed by atoms with Gasteiger partial charge in [0, 0.05) is 12.8 Å². The standard InChI is InChI=1S/C11H17ClO3/c1-2-3-4-5-9-15-11(14)8-6-7-10(12)13/h3-4H,2,5-9H2,1H3/b4-3+.